The van der Waals surface area contributed by atoms with Gasteiger partial charge in [0.05, 0.1) is 13.0 Å². The summed E-state index contributed by atoms with van der Waals surface area (Å²) >= 11 is 0. The predicted octanol–water partition coefficient (Wildman–Crippen LogP) is 2.55. The van der Waals surface area contributed by atoms with Gasteiger partial charge in [0.15, 0.2) is 0 Å². The number of halogens is 3. The molecule has 0 heterocycles. The number of allylic oxidation sites excluding steroid dienone is 1. The van der Waals surface area contributed by atoms with Crippen LogP contribution in [0.4, 0.5) is 13.2 Å². The quantitative estimate of drug-likeness (QED) is 0.642. The average molecular weight is 293 g/mol. The normalized spacial score (nSPS) is 24.1. The van der Waals surface area contributed by atoms with Gasteiger partial charge in [0.25, 0.3) is 0 Å². The third-order valence-corrected chi connectivity index (χ3v) is 3.42. The Labute approximate surface area is 115 Å². The Morgan fingerprint density at radius 3 is 2.20 bits per heavy atom. The van der Waals surface area contributed by atoms with E-state index in [-0.39, 0.29) is 31.6 Å². The second kappa shape index (κ2) is 6.76. The SMILES string of the molecule is COC(=O)/C=C(/C)NC(=O)C1CCC(C(F)(F)F)CC1. The first-order chi connectivity index (χ1) is 9.24. The van der Waals surface area contributed by atoms with Crippen LogP contribution in [0.15, 0.2) is 11.8 Å². The zero-order chi connectivity index (χ0) is 15.3. The van der Waals surface area contributed by atoms with Crippen LogP contribution in [0.3, 0.4) is 0 Å². The predicted molar refractivity (Wildman–Crippen MR) is 65.4 cm³/mol. The van der Waals surface area contributed by atoms with E-state index in [1.54, 1.807) is 0 Å². The molecule has 4 nitrogen and oxygen atoms in total. The number of rotatable bonds is 3. The summed E-state index contributed by atoms with van der Waals surface area (Å²) in [7, 11) is 1.21. The summed E-state index contributed by atoms with van der Waals surface area (Å²) in [5, 5.41) is 2.51. The van der Waals surface area contributed by atoms with Crippen molar-refractivity contribution in [3.05, 3.63) is 11.8 Å². The molecule has 1 rings (SSSR count). The lowest BCUT2D eigenvalue weighted by Gasteiger charge is -2.29. The maximum atomic E-state index is 12.5. The van der Waals surface area contributed by atoms with Gasteiger partial charge in [-0.15, -0.1) is 0 Å². The minimum absolute atomic E-state index is 0.0264. The first kappa shape index (κ1) is 16.5. The lowest BCUT2D eigenvalue weighted by atomic mass is 9.81. The lowest BCUT2D eigenvalue weighted by molar-refractivity contribution is -0.184. The Hall–Kier alpha value is -1.53. The summed E-state index contributed by atoms with van der Waals surface area (Å²) < 4.78 is 41.9. The molecule has 1 N–H and O–H groups in total. The minimum Gasteiger partial charge on any atom is -0.466 e. The Morgan fingerprint density at radius 2 is 1.75 bits per heavy atom. The van der Waals surface area contributed by atoms with Crippen LogP contribution in [0, 0.1) is 11.8 Å². The third kappa shape index (κ3) is 4.86. The van der Waals surface area contributed by atoms with Crippen LogP contribution in [-0.4, -0.2) is 25.2 Å². The van der Waals surface area contributed by atoms with E-state index in [2.05, 4.69) is 10.1 Å². The molecule has 0 bridgehead atoms. The lowest BCUT2D eigenvalue weighted by Crippen LogP contribution is -2.35. The molecule has 0 unspecified atom stereocenters. The van der Waals surface area contributed by atoms with Crippen LogP contribution in [0.1, 0.15) is 32.6 Å². The number of methoxy groups -OCH3 is 1. The summed E-state index contributed by atoms with van der Waals surface area (Å²) in [5.41, 5.74) is 0.319. The second-order valence-electron chi connectivity index (χ2n) is 4.93. The van der Waals surface area contributed by atoms with Crippen LogP contribution in [-0.2, 0) is 14.3 Å². The molecule has 0 radical (unpaired) electrons. The summed E-state index contributed by atoms with van der Waals surface area (Å²) in [6.45, 7) is 1.52. The molecule has 1 saturated carbocycles. The van der Waals surface area contributed by atoms with Crippen LogP contribution < -0.4 is 5.32 Å². The molecule has 7 heteroatoms. The highest BCUT2D eigenvalue weighted by Crippen LogP contribution is 2.39. The fourth-order valence-electron chi connectivity index (χ4n) is 2.25. The molecule has 0 aliphatic heterocycles. The van der Waals surface area contributed by atoms with E-state index in [1.807, 2.05) is 0 Å². The molecular formula is C13H18F3NO3. The van der Waals surface area contributed by atoms with Crippen molar-refractivity contribution in [3.63, 3.8) is 0 Å². The maximum absolute atomic E-state index is 12.5. The van der Waals surface area contributed by atoms with Crippen LogP contribution >= 0.6 is 0 Å². The maximum Gasteiger partial charge on any atom is 0.391 e. The highest BCUT2D eigenvalue weighted by molar-refractivity contribution is 5.85. The number of nitrogens with one attached hydrogen (secondary N) is 1. The highest BCUT2D eigenvalue weighted by atomic mass is 19.4. The van der Waals surface area contributed by atoms with Gasteiger partial charge in [-0.05, 0) is 32.6 Å². The Morgan fingerprint density at radius 1 is 1.20 bits per heavy atom. The number of carbonyl (C=O) groups is 2. The number of alkyl halides is 3. The molecule has 1 aliphatic rings. The summed E-state index contributed by atoms with van der Waals surface area (Å²) in [5.74, 6) is -2.68. The van der Waals surface area contributed by atoms with E-state index in [0.717, 1.165) is 6.08 Å². The Balaban J connectivity index is 2.47. The molecule has 114 valence electrons. The minimum atomic E-state index is -4.18. The first-order valence-corrected chi connectivity index (χ1v) is 6.38. The van der Waals surface area contributed by atoms with Gasteiger partial charge < -0.3 is 10.1 Å². The van der Waals surface area contributed by atoms with E-state index in [9.17, 15) is 22.8 Å². The number of hydrogen-bond donors (Lipinski definition) is 1. The smallest absolute Gasteiger partial charge is 0.391 e. The van der Waals surface area contributed by atoms with E-state index >= 15 is 0 Å². The van der Waals surface area contributed by atoms with Crippen molar-refractivity contribution in [2.45, 2.75) is 38.8 Å². The fraction of sp³-hybridized carbons (Fsp3) is 0.692. The Kier molecular flexibility index (Phi) is 5.59. The standard InChI is InChI=1S/C13H18F3NO3/c1-8(7-11(18)20-2)17-12(19)9-3-5-10(6-4-9)13(14,15)16/h7,9-10H,3-6H2,1-2H3,(H,17,19)/b8-7-. The Bertz CT molecular complexity index is 396. The first-order valence-electron chi connectivity index (χ1n) is 6.38. The van der Waals surface area contributed by atoms with Crippen molar-refractivity contribution in [3.8, 4) is 0 Å². The zero-order valence-electron chi connectivity index (χ0n) is 11.4. The summed E-state index contributed by atoms with van der Waals surface area (Å²) in [6, 6.07) is 0. The molecule has 1 fully saturated rings. The average Bonchev–Trinajstić information content (AvgIpc) is 2.37. The van der Waals surface area contributed by atoms with Gasteiger partial charge >= 0.3 is 12.1 Å². The van der Waals surface area contributed by atoms with Crippen molar-refractivity contribution in [1.82, 2.24) is 5.32 Å². The number of esters is 1. The number of amides is 1. The molecule has 0 aromatic carbocycles. The van der Waals surface area contributed by atoms with Crippen molar-refractivity contribution in [2.24, 2.45) is 11.8 Å². The molecule has 0 spiro atoms. The molecular weight excluding hydrogens is 275 g/mol. The van der Waals surface area contributed by atoms with E-state index in [1.165, 1.54) is 14.0 Å². The summed E-state index contributed by atoms with van der Waals surface area (Å²) in [4.78, 5) is 22.8. The highest BCUT2D eigenvalue weighted by Gasteiger charge is 2.42. The van der Waals surface area contributed by atoms with E-state index < -0.39 is 24.0 Å². The molecule has 1 aliphatic carbocycles. The van der Waals surface area contributed by atoms with Gasteiger partial charge in [-0.25, -0.2) is 4.79 Å². The largest absolute Gasteiger partial charge is 0.466 e. The monoisotopic (exact) mass is 293 g/mol. The molecule has 0 atom stereocenters. The second-order valence-corrected chi connectivity index (χ2v) is 4.93. The van der Waals surface area contributed by atoms with Crippen LogP contribution in [0.5, 0.6) is 0 Å². The van der Waals surface area contributed by atoms with Gasteiger partial charge in [-0.3, -0.25) is 4.79 Å². The molecule has 0 aromatic heterocycles. The van der Waals surface area contributed by atoms with E-state index in [4.69, 9.17) is 0 Å². The molecule has 1 amide bonds. The topological polar surface area (TPSA) is 55.4 Å². The molecule has 20 heavy (non-hydrogen) atoms. The van der Waals surface area contributed by atoms with Crippen LogP contribution in [0.25, 0.3) is 0 Å². The van der Waals surface area contributed by atoms with Crippen LogP contribution in [0.2, 0.25) is 0 Å². The van der Waals surface area contributed by atoms with Crippen molar-refractivity contribution < 1.29 is 27.5 Å². The molecule has 0 saturated heterocycles. The van der Waals surface area contributed by atoms with Gasteiger partial charge in [-0.2, -0.15) is 13.2 Å². The van der Waals surface area contributed by atoms with E-state index in [0.29, 0.717) is 5.70 Å². The number of hydrogen-bond acceptors (Lipinski definition) is 3. The van der Waals surface area contributed by atoms with Gasteiger partial charge in [-0.1, -0.05) is 0 Å². The number of ether oxygens (including phenoxy) is 1. The van der Waals surface area contributed by atoms with Gasteiger partial charge in [0.1, 0.15) is 0 Å². The van der Waals surface area contributed by atoms with Crippen molar-refractivity contribution >= 4 is 11.9 Å². The molecule has 0 aromatic rings. The van der Waals surface area contributed by atoms with Crippen molar-refractivity contribution in [1.29, 1.82) is 0 Å². The van der Waals surface area contributed by atoms with Crippen molar-refractivity contribution in [2.75, 3.05) is 7.11 Å². The summed E-state index contributed by atoms with van der Waals surface area (Å²) in [6.07, 6.45) is -2.69. The number of carbonyl (C=O) groups excluding carboxylic acids is 2. The fourth-order valence-corrected chi connectivity index (χ4v) is 2.25. The van der Waals surface area contributed by atoms with Gasteiger partial charge in [0, 0.05) is 17.7 Å². The van der Waals surface area contributed by atoms with Gasteiger partial charge in [0.2, 0.25) is 5.91 Å². The third-order valence-electron chi connectivity index (χ3n) is 3.42. The zero-order valence-corrected chi connectivity index (χ0v) is 11.4.